The summed E-state index contributed by atoms with van der Waals surface area (Å²) in [6.07, 6.45) is 3.32. The molecule has 16 heavy (non-hydrogen) atoms. The number of hydrogen-bond donors (Lipinski definition) is 0. The van der Waals surface area contributed by atoms with E-state index in [1.165, 1.54) is 17.5 Å². The zero-order valence-corrected chi connectivity index (χ0v) is 10.2. The Labute approximate surface area is 102 Å². The van der Waals surface area contributed by atoms with Crippen molar-refractivity contribution < 1.29 is 4.79 Å². The van der Waals surface area contributed by atoms with Crippen molar-refractivity contribution in [1.82, 2.24) is 9.97 Å². The number of aromatic nitrogens is 2. The van der Waals surface area contributed by atoms with E-state index >= 15 is 0 Å². The van der Waals surface area contributed by atoms with Crippen LogP contribution in [0, 0.1) is 6.92 Å². The second-order valence-corrected chi connectivity index (χ2v) is 4.78. The summed E-state index contributed by atoms with van der Waals surface area (Å²) in [5.41, 5.74) is 1.29. The smallest absolute Gasteiger partial charge is 0.170 e. The molecule has 0 unspecified atom stereocenters. The van der Waals surface area contributed by atoms with Gasteiger partial charge in [-0.05, 0) is 13.0 Å². The molecule has 2 rings (SSSR count). The van der Waals surface area contributed by atoms with E-state index in [0.717, 1.165) is 10.7 Å². The van der Waals surface area contributed by atoms with Crippen molar-refractivity contribution >= 4 is 28.7 Å². The van der Waals surface area contributed by atoms with E-state index in [9.17, 15) is 4.79 Å². The van der Waals surface area contributed by atoms with Crippen molar-refractivity contribution in [3.8, 4) is 0 Å². The molecule has 0 N–H and O–H groups in total. The van der Waals surface area contributed by atoms with Gasteiger partial charge in [-0.2, -0.15) is 0 Å². The monoisotopic (exact) mass is 252 g/mol. The van der Waals surface area contributed by atoms with E-state index in [-0.39, 0.29) is 12.2 Å². The number of hydrogen-bond acceptors (Lipinski definition) is 4. The van der Waals surface area contributed by atoms with E-state index in [1.54, 1.807) is 12.3 Å². The number of pyridine rings is 1. The van der Waals surface area contributed by atoms with Crippen LogP contribution in [0.5, 0.6) is 0 Å². The van der Waals surface area contributed by atoms with Crippen LogP contribution in [-0.4, -0.2) is 15.8 Å². The number of rotatable bonds is 3. The minimum atomic E-state index is -0.0299. The maximum atomic E-state index is 11.9. The number of thiazole rings is 1. The summed E-state index contributed by atoms with van der Waals surface area (Å²) in [5, 5.41) is 3.24. The topological polar surface area (TPSA) is 42.9 Å². The Kier molecular flexibility index (Phi) is 3.31. The second-order valence-electron chi connectivity index (χ2n) is 3.31. The standard InChI is InChI=1S/C11H9ClN2OS/c1-7-14-8(6-16-7)4-11(15)9-2-3-13-5-10(9)12/h2-3,5-6H,4H2,1H3. The summed E-state index contributed by atoms with van der Waals surface area (Å²) >= 11 is 7.43. The second kappa shape index (κ2) is 4.72. The van der Waals surface area contributed by atoms with E-state index < -0.39 is 0 Å². The maximum absolute atomic E-state index is 11.9. The number of aryl methyl sites for hydroxylation is 1. The fourth-order valence-electron chi connectivity index (χ4n) is 1.35. The first-order chi connectivity index (χ1) is 7.66. The van der Waals surface area contributed by atoms with Gasteiger partial charge < -0.3 is 0 Å². The van der Waals surface area contributed by atoms with Gasteiger partial charge >= 0.3 is 0 Å². The Bertz CT molecular complexity index is 524. The van der Waals surface area contributed by atoms with Gasteiger partial charge in [-0.1, -0.05) is 11.6 Å². The van der Waals surface area contributed by atoms with Gasteiger partial charge in [-0.15, -0.1) is 11.3 Å². The molecule has 0 amide bonds. The lowest BCUT2D eigenvalue weighted by atomic mass is 10.1. The first-order valence-corrected chi connectivity index (χ1v) is 5.96. The molecule has 3 nitrogen and oxygen atoms in total. The molecule has 0 bridgehead atoms. The highest BCUT2D eigenvalue weighted by Gasteiger charge is 2.12. The van der Waals surface area contributed by atoms with Crippen LogP contribution in [-0.2, 0) is 6.42 Å². The molecule has 0 aliphatic heterocycles. The largest absolute Gasteiger partial charge is 0.294 e. The van der Waals surface area contributed by atoms with Crippen molar-refractivity contribution in [2.75, 3.05) is 0 Å². The summed E-state index contributed by atoms with van der Waals surface area (Å²) in [7, 11) is 0. The summed E-state index contributed by atoms with van der Waals surface area (Å²) in [5.74, 6) is -0.0299. The quantitative estimate of drug-likeness (QED) is 0.789. The minimum Gasteiger partial charge on any atom is -0.294 e. The molecule has 2 aromatic rings. The van der Waals surface area contributed by atoms with Crippen molar-refractivity contribution in [3.05, 3.63) is 45.1 Å². The summed E-state index contributed by atoms with van der Waals surface area (Å²) in [6.45, 7) is 1.91. The van der Waals surface area contributed by atoms with Crippen molar-refractivity contribution in [2.24, 2.45) is 0 Å². The third kappa shape index (κ3) is 2.46. The molecule has 0 fully saturated rings. The molecule has 0 aromatic carbocycles. The van der Waals surface area contributed by atoms with Crippen LogP contribution in [0.25, 0.3) is 0 Å². The van der Waals surface area contributed by atoms with Gasteiger partial charge in [-0.25, -0.2) is 4.98 Å². The van der Waals surface area contributed by atoms with Gasteiger partial charge in [0.2, 0.25) is 0 Å². The molecular weight excluding hydrogens is 244 g/mol. The van der Waals surface area contributed by atoms with Gasteiger partial charge in [0, 0.05) is 23.3 Å². The number of ketones is 1. The first kappa shape index (κ1) is 11.2. The van der Waals surface area contributed by atoms with Crippen LogP contribution < -0.4 is 0 Å². The molecule has 0 atom stereocenters. The summed E-state index contributed by atoms with van der Waals surface area (Å²) in [6, 6.07) is 1.63. The fraction of sp³-hybridized carbons (Fsp3) is 0.182. The van der Waals surface area contributed by atoms with E-state index in [0.29, 0.717) is 10.6 Å². The molecule has 0 saturated carbocycles. The lowest BCUT2D eigenvalue weighted by molar-refractivity contribution is 0.0992. The Morgan fingerprint density at radius 2 is 2.38 bits per heavy atom. The van der Waals surface area contributed by atoms with E-state index in [2.05, 4.69) is 9.97 Å². The molecule has 0 aliphatic rings. The van der Waals surface area contributed by atoms with Gasteiger partial charge in [0.1, 0.15) is 0 Å². The van der Waals surface area contributed by atoms with Crippen LogP contribution in [0.4, 0.5) is 0 Å². The molecule has 2 heterocycles. The number of halogens is 1. The van der Waals surface area contributed by atoms with Crippen LogP contribution in [0.1, 0.15) is 21.1 Å². The fourth-order valence-corrected chi connectivity index (χ4v) is 2.19. The zero-order valence-electron chi connectivity index (χ0n) is 8.61. The number of nitrogens with zero attached hydrogens (tertiary/aromatic N) is 2. The summed E-state index contributed by atoms with van der Waals surface area (Å²) < 4.78 is 0. The van der Waals surface area contributed by atoms with Crippen LogP contribution in [0.3, 0.4) is 0 Å². The Morgan fingerprint density at radius 1 is 1.56 bits per heavy atom. The molecule has 82 valence electrons. The lowest BCUT2D eigenvalue weighted by Crippen LogP contribution is -2.04. The van der Waals surface area contributed by atoms with Gasteiger partial charge in [0.05, 0.1) is 22.1 Å². The van der Waals surface area contributed by atoms with Gasteiger partial charge in [0.15, 0.2) is 5.78 Å². The predicted octanol–water partition coefficient (Wildman–Crippen LogP) is 2.93. The zero-order chi connectivity index (χ0) is 11.5. The highest BCUT2D eigenvalue weighted by Crippen LogP contribution is 2.17. The average Bonchev–Trinajstić information content (AvgIpc) is 2.64. The van der Waals surface area contributed by atoms with Crippen LogP contribution in [0.15, 0.2) is 23.8 Å². The molecular formula is C11H9ClN2OS. The van der Waals surface area contributed by atoms with Crippen molar-refractivity contribution in [3.63, 3.8) is 0 Å². The molecule has 0 radical (unpaired) electrons. The SMILES string of the molecule is Cc1nc(CC(=O)c2ccncc2Cl)cs1. The van der Waals surface area contributed by atoms with E-state index in [4.69, 9.17) is 11.6 Å². The number of carbonyl (C=O) groups excluding carboxylic acids is 1. The molecule has 5 heteroatoms. The lowest BCUT2D eigenvalue weighted by Gasteiger charge is -2.00. The Balaban J connectivity index is 2.18. The van der Waals surface area contributed by atoms with Crippen molar-refractivity contribution in [1.29, 1.82) is 0 Å². The molecule has 0 spiro atoms. The average molecular weight is 253 g/mol. The third-order valence-electron chi connectivity index (χ3n) is 2.08. The third-order valence-corrected chi connectivity index (χ3v) is 3.20. The predicted molar refractivity (Wildman–Crippen MR) is 64.1 cm³/mol. The Morgan fingerprint density at radius 3 is 3.00 bits per heavy atom. The number of Topliss-reactive ketones (excluding diaryl/α,β-unsaturated/α-hetero) is 1. The Hall–Kier alpha value is -1.26. The highest BCUT2D eigenvalue weighted by atomic mass is 35.5. The van der Waals surface area contributed by atoms with Crippen molar-refractivity contribution in [2.45, 2.75) is 13.3 Å². The normalized spacial score (nSPS) is 10.4. The summed E-state index contributed by atoms with van der Waals surface area (Å²) in [4.78, 5) is 20.0. The first-order valence-electron chi connectivity index (χ1n) is 4.70. The van der Waals surface area contributed by atoms with Crippen LogP contribution in [0.2, 0.25) is 5.02 Å². The molecule has 2 aromatic heterocycles. The van der Waals surface area contributed by atoms with E-state index in [1.807, 2.05) is 12.3 Å². The minimum absolute atomic E-state index is 0.0299. The van der Waals surface area contributed by atoms with Crippen LogP contribution >= 0.6 is 22.9 Å². The number of carbonyl (C=O) groups is 1. The van der Waals surface area contributed by atoms with Gasteiger partial charge in [0.25, 0.3) is 0 Å². The van der Waals surface area contributed by atoms with Gasteiger partial charge in [-0.3, -0.25) is 9.78 Å². The maximum Gasteiger partial charge on any atom is 0.170 e. The highest BCUT2D eigenvalue weighted by molar-refractivity contribution is 7.09. The molecule has 0 aliphatic carbocycles. The molecule has 0 saturated heterocycles.